The molecule has 1 nitrogen and oxygen atoms in total. The molecule has 2 heteroatoms. The van der Waals surface area contributed by atoms with Crippen molar-refractivity contribution < 1.29 is 4.39 Å². The maximum Gasteiger partial charge on any atom is 0.123 e. The minimum absolute atomic E-state index is 0.160. The normalized spacial score (nSPS) is 25.9. The highest BCUT2D eigenvalue weighted by atomic mass is 19.1. The highest BCUT2D eigenvalue weighted by Crippen LogP contribution is 2.28. The Morgan fingerprint density at radius 2 is 2.00 bits per heavy atom. The summed E-state index contributed by atoms with van der Waals surface area (Å²) in [5, 5.41) is 3.59. The fourth-order valence-electron chi connectivity index (χ4n) is 2.96. The van der Waals surface area contributed by atoms with E-state index in [2.05, 4.69) is 19.2 Å². The Bertz CT molecular complexity index is 360. The molecule has 0 heterocycles. The molecule has 1 fully saturated rings. The lowest BCUT2D eigenvalue weighted by Crippen LogP contribution is -2.28. The predicted octanol–water partition coefficient (Wildman–Crippen LogP) is 4.30. The summed E-state index contributed by atoms with van der Waals surface area (Å²) in [6, 6.07) is 7.13. The van der Waals surface area contributed by atoms with Gasteiger partial charge in [-0.1, -0.05) is 31.9 Å². The molecule has 0 aliphatic heterocycles. The molecule has 1 saturated carbocycles. The third-order valence-corrected chi connectivity index (χ3v) is 4.13. The molecular formula is C16H24FN. The highest BCUT2D eigenvalue weighted by molar-refractivity contribution is 5.19. The van der Waals surface area contributed by atoms with Crippen LogP contribution in [-0.4, -0.2) is 6.54 Å². The fraction of sp³-hybridized carbons (Fsp3) is 0.625. The summed E-state index contributed by atoms with van der Waals surface area (Å²) in [6.07, 6.45) is 5.47. The Morgan fingerprint density at radius 3 is 2.67 bits per heavy atom. The molecule has 1 aromatic carbocycles. The SMILES string of the molecule is CC1CCCC(CNC(C)c2ccc(F)cc2)C1. The largest absolute Gasteiger partial charge is 0.310 e. The van der Waals surface area contributed by atoms with Gasteiger partial charge in [0.15, 0.2) is 0 Å². The smallest absolute Gasteiger partial charge is 0.123 e. The van der Waals surface area contributed by atoms with E-state index >= 15 is 0 Å². The van der Waals surface area contributed by atoms with Gasteiger partial charge in [0.1, 0.15) is 5.82 Å². The van der Waals surface area contributed by atoms with Crippen molar-refractivity contribution in [3.8, 4) is 0 Å². The van der Waals surface area contributed by atoms with Crippen LogP contribution in [0.3, 0.4) is 0 Å². The molecule has 1 N–H and O–H groups in total. The minimum atomic E-state index is -0.160. The van der Waals surface area contributed by atoms with Crippen LogP contribution in [-0.2, 0) is 0 Å². The van der Waals surface area contributed by atoms with Crippen LogP contribution in [0.4, 0.5) is 4.39 Å². The van der Waals surface area contributed by atoms with Gasteiger partial charge in [0.25, 0.3) is 0 Å². The molecule has 0 spiro atoms. The molecule has 3 atom stereocenters. The molecule has 1 aliphatic rings. The second kappa shape index (κ2) is 6.33. The van der Waals surface area contributed by atoms with E-state index in [1.807, 2.05) is 12.1 Å². The van der Waals surface area contributed by atoms with Gasteiger partial charge in [-0.05, 0) is 55.8 Å². The number of rotatable bonds is 4. The zero-order valence-corrected chi connectivity index (χ0v) is 11.5. The molecule has 2 rings (SSSR count). The summed E-state index contributed by atoms with van der Waals surface area (Å²) in [7, 11) is 0. The topological polar surface area (TPSA) is 12.0 Å². The van der Waals surface area contributed by atoms with Crippen LogP contribution in [0.1, 0.15) is 51.1 Å². The second-order valence-corrected chi connectivity index (χ2v) is 5.82. The second-order valence-electron chi connectivity index (χ2n) is 5.82. The van der Waals surface area contributed by atoms with E-state index in [1.54, 1.807) is 0 Å². The van der Waals surface area contributed by atoms with Crippen LogP contribution in [0.15, 0.2) is 24.3 Å². The van der Waals surface area contributed by atoms with E-state index < -0.39 is 0 Å². The number of nitrogens with one attached hydrogen (secondary N) is 1. The first-order valence-corrected chi connectivity index (χ1v) is 7.14. The number of halogens is 1. The van der Waals surface area contributed by atoms with E-state index in [1.165, 1.54) is 43.4 Å². The molecule has 3 unspecified atom stereocenters. The first-order valence-electron chi connectivity index (χ1n) is 7.14. The lowest BCUT2D eigenvalue weighted by atomic mass is 9.82. The van der Waals surface area contributed by atoms with Gasteiger partial charge < -0.3 is 5.32 Å². The Labute approximate surface area is 110 Å². The van der Waals surface area contributed by atoms with Gasteiger partial charge in [0.2, 0.25) is 0 Å². The quantitative estimate of drug-likeness (QED) is 0.838. The van der Waals surface area contributed by atoms with Crippen molar-refractivity contribution in [1.82, 2.24) is 5.32 Å². The number of benzene rings is 1. The van der Waals surface area contributed by atoms with E-state index in [0.717, 1.165) is 18.4 Å². The van der Waals surface area contributed by atoms with Crippen molar-refractivity contribution in [3.63, 3.8) is 0 Å². The van der Waals surface area contributed by atoms with Crippen molar-refractivity contribution in [3.05, 3.63) is 35.6 Å². The predicted molar refractivity (Wildman–Crippen MR) is 73.9 cm³/mol. The van der Waals surface area contributed by atoms with Crippen molar-refractivity contribution in [2.75, 3.05) is 6.54 Å². The average molecular weight is 249 g/mol. The van der Waals surface area contributed by atoms with Crippen molar-refractivity contribution in [1.29, 1.82) is 0 Å². The van der Waals surface area contributed by atoms with Crippen LogP contribution in [0.2, 0.25) is 0 Å². The van der Waals surface area contributed by atoms with Crippen molar-refractivity contribution in [2.24, 2.45) is 11.8 Å². The van der Waals surface area contributed by atoms with Crippen LogP contribution in [0, 0.1) is 17.7 Å². The van der Waals surface area contributed by atoms with Crippen LogP contribution >= 0.6 is 0 Å². The summed E-state index contributed by atoms with van der Waals surface area (Å²) in [5.74, 6) is 1.54. The molecule has 0 saturated heterocycles. The lowest BCUT2D eigenvalue weighted by Gasteiger charge is -2.28. The molecule has 1 aliphatic carbocycles. The van der Waals surface area contributed by atoms with Crippen molar-refractivity contribution >= 4 is 0 Å². The molecule has 1 aromatic rings. The minimum Gasteiger partial charge on any atom is -0.310 e. The van der Waals surface area contributed by atoms with Crippen LogP contribution in [0.25, 0.3) is 0 Å². The Morgan fingerprint density at radius 1 is 1.28 bits per heavy atom. The van der Waals surface area contributed by atoms with Crippen molar-refractivity contribution in [2.45, 2.75) is 45.6 Å². The summed E-state index contributed by atoms with van der Waals surface area (Å²) >= 11 is 0. The lowest BCUT2D eigenvalue weighted by molar-refractivity contribution is 0.268. The summed E-state index contributed by atoms with van der Waals surface area (Å²) in [5.41, 5.74) is 1.17. The molecule has 18 heavy (non-hydrogen) atoms. The van der Waals surface area contributed by atoms with E-state index in [9.17, 15) is 4.39 Å². The summed E-state index contributed by atoms with van der Waals surface area (Å²) in [4.78, 5) is 0. The number of hydrogen-bond donors (Lipinski definition) is 1. The summed E-state index contributed by atoms with van der Waals surface area (Å²) in [6.45, 7) is 5.60. The van der Waals surface area contributed by atoms with Gasteiger partial charge in [-0.2, -0.15) is 0 Å². The maximum absolute atomic E-state index is 12.8. The molecular weight excluding hydrogens is 225 g/mol. The zero-order valence-electron chi connectivity index (χ0n) is 11.5. The van der Waals surface area contributed by atoms with Gasteiger partial charge in [-0.15, -0.1) is 0 Å². The van der Waals surface area contributed by atoms with E-state index in [-0.39, 0.29) is 5.82 Å². The van der Waals surface area contributed by atoms with Gasteiger partial charge in [-0.25, -0.2) is 4.39 Å². The first kappa shape index (κ1) is 13.5. The van der Waals surface area contributed by atoms with Crippen LogP contribution in [0.5, 0.6) is 0 Å². The Balaban J connectivity index is 1.80. The highest BCUT2D eigenvalue weighted by Gasteiger charge is 2.19. The third-order valence-electron chi connectivity index (χ3n) is 4.13. The molecule has 0 bridgehead atoms. The Hall–Kier alpha value is -0.890. The maximum atomic E-state index is 12.8. The van der Waals surface area contributed by atoms with Gasteiger partial charge in [0.05, 0.1) is 0 Å². The van der Waals surface area contributed by atoms with Gasteiger partial charge >= 0.3 is 0 Å². The van der Waals surface area contributed by atoms with Crippen LogP contribution < -0.4 is 5.32 Å². The van der Waals surface area contributed by atoms with E-state index in [0.29, 0.717) is 6.04 Å². The van der Waals surface area contributed by atoms with Gasteiger partial charge in [-0.3, -0.25) is 0 Å². The molecule has 0 aromatic heterocycles. The molecule has 0 radical (unpaired) electrons. The summed E-state index contributed by atoms with van der Waals surface area (Å²) < 4.78 is 12.8. The standard InChI is InChI=1S/C16H24FN/c1-12-4-3-5-14(10-12)11-18-13(2)15-6-8-16(17)9-7-15/h6-9,12-14,18H,3-5,10-11H2,1-2H3. The molecule has 100 valence electrons. The monoisotopic (exact) mass is 249 g/mol. The Kier molecular flexibility index (Phi) is 4.76. The average Bonchev–Trinajstić information content (AvgIpc) is 2.37. The van der Waals surface area contributed by atoms with Gasteiger partial charge in [0, 0.05) is 6.04 Å². The zero-order chi connectivity index (χ0) is 13.0. The van der Waals surface area contributed by atoms with E-state index in [4.69, 9.17) is 0 Å². The third kappa shape index (κ3) is 3.81. The fourth-order valence-corrected chi connectivity index (χ4v) is 2.96. The first-order chi connectivity index (χ1) is 8.65. The number of hydrogen-bond acceptors (Lipinski definition) is 1. The molecule has 0 amide bonds.